The third-order valence-corrected chi connectivity index (χ3v) is 3.37. The third-order valence-electron chi connectivity index (χ3n) is 2.82. The molecule has 2 aromatic rings. The lowest BCUT2D eigenvalue weighted by molar-refractivity contribution is -0.114. The van der Waals surface area contributed by atoms with Gasteiger partial charge in [-0.1, -0.05) is 23.2 Å². The van der Waals surface area contributed by atoms with Gasteiger partial charge >= 0.3 is 0 Å². The number of benzene rings is 2. The molecule has 0 radical (unpaired) electrons. The lowest BCUT2D eigenvalue weighted by atomic mass is 10.3. The van der Waals surface area contributed by atoms with Crippen LogP contribution < -0.4 is 15.4 Å². The number of hydrogen-bond acceptors (Lipinski definition) is 3. The highest BCUT2D eigenvalue weighted by Crippen LogP contribution is 2.25. The van der Waals surface area contributed by atoms with Crippen molar-refractivity contribution in [2.45, 2.75) is 6.92 Å². The topological polar surface area (TPSA) is 50.4 Å². The van der Waals surface area contributed by atoms with E-state index in [-0.39, 0.29) is 12.5 Å². The van der Waals surface area contributed by atoms with E-state index < -0.39 is 0 Å². The van der Waals surface area contributed by atoms with Crippen LogP contribution in [0.25, 0.3) is 0 Å². The van der Waals surface area contributed by atoms with E-state index in [2.05, 4.69) is 10.6 Å². The Bertz CT molecular complexity index is 645. The highest BCUT2D eigenvalue weighted by molar-refractivity contribution is 6.36. The van der Waals surface area contributed by atoms with Crippen LogP contribution in [0.3, 0.4) is 0 Å². The van der Waals surface area contributed by atoms with Crippen LogP contribution in [0, 0.1) is 0 Å². The molecule has 0 saturated heterocycles. The first kappa shape index (κ1) is 16.5. The van der Waals surface area contributed by atoms with Crippen molar-refractivity contribution in [2.24, 2.45) is 0 Å². The maximum Gasteiger partial charge on any atom is 0.243 e. The second-order valence-corrected chi connectivity index (χ2v) is 5.33. The molecule has 0 aliphatic carbocycles. The molecule has 0 aromatic heterocycles. The number of amides is 1. The van der Waals surface area contributed by atoms with Gasteiger partial charge in [0.15, 0.2) is 0 Å². The van der Waals surface area contributed by atoms with Gasteiger partial charge in [-0.15, -0.1) is 0 Å². The van der Waals surface area contributed by atoms with Gasteiger partial charge in [0.1, 0.15) is 5.75 Å². The normalized spacial score (nSPS) is 10.1. The summed E-state index contributed by atoms with van der Waals surface area (Å²) in [5.74, 6) is 0.599. The zero-order valence-corrected chi connectivity index (χ0v) is 13.5. The molecular weight excluding hydrogens is 323 g/mol. The van der Waals surface area contributed by atoms with Gasteiger partial charge in [0, 0.05) is 10.7 Å². The molecule has 0 bridgehead atoms. The second-order valence-electron chi connectivity index (χ2n) is 4.48. The van der Waals surface area contributed by atoms with Gasteiger partial charge in [0.25, 0.3) is 0 Å². The molecule has 6 heteroatoms. The standard InChI is InChI=1S/C16H16Cl2N2O2/c1-2-22-13-6-4-12(5-7-13)20-16(21)10-19-15-8-3-11(17)9-14(15)18/h3-9,19H,2,10H2,1H3,(H,20,21). The van der Waals surface area contributed by atoms with Crippen LogP contribution >= 0.6 is 23.2 Å². The number of ether oxygens (including phenoxy) is 1. The summed E-state index contributed by atoms with van der Waals surface area (Å²) in [5, 5.41) is 6.77. The van der Waals surface area contributed by atoms with Crippen LogP contribution in [0.2, 0.25) is 10.0 Å². The smallest absolute Gasteiger partial charge is 0.243 e. The molecule has 1 amide bonds. The first-order valence-electron chi connectivity index (χ1n) is 6.80. The highest BCUT2D eigenvalue weighted by Gasteiger charge is 2.05. The average molecular weight is 339 g/mol. The van der Waals surface area contributed by atoms with E-state index >= 15 is 0 Å². The van der Waals surface area contributed by atoms with E-state index in [0.717, 1.165) is 5.75 Å². The van der Waals surface area contributed by atoms with E-state index in [0.29, 0.717) is 28.0 Å². The van der Waals surface area contributed by atoms with E-state index in [1.807, 2.05) is 19.1 Å². The average Bonchev–Trinajstić information content (AvgIpc) is 2.49. The fourth-order valence-electron chi connectivity index (χ4n) is 1.81. The summed E-state index contributed by atoms with van der Waals surface area (Å²) in [7, 11) is 0. The quantitative estimate of drug-likeness (QED) is 0.818. The van der Waals surface area contributed by atoms with Gasteiger partial charge in [-0.2, -0.15) is 0 Å². The van der Waals surface area contributed by atoms with Crippen LogP contribution in [0.1, 0.15) is 6.92 Å². The van der Waals surface area contributed by atoms with Crippen molar-refractivity contribution in [3.8, 4) is 5.75 Å². The number of rotatable bonds is 6. The first-order valence-corrected chi connectivity index (χ1v) is 7.55. The van der Waals surface area contributed by atoms with Crippen molar-refractivity contribution in [3.63, 3.8) is 0 Å². The molecule has 0 saturated carbocycles. The van der Waals surface area contributed by atoms with Gasteiger partial charge in [0.2, 0.25) is 5.91 Å². The molecule has 2 rings (SSSR count). The summed E-state index contributed by atoms with van der Waals surface area (Å²) in [6, 6.07) is 12.3. The Kier molecular flexibility index (Phi) is 5.92. The largest absolute Gasteiger partial charge is 0.494 e. The number of carbonyl (C=O) groups is 1. The van der Waals surface area contributed by atoms with Crippen molar-refractivity contribution in [1.29, 1.82) is 0 Å². The molecule has 116 valence electrons. The zero-order chi connectivity index (χ0) is 15.9. The Balaban J connectivity index is 1.87. The maximum absolute atomic E-state index is 11.9. The molecule has 0 unspecified atom stereocenters. The lowest BCUT2D eigenvalue weighted by Gasteiger charge is -2.10. The van der Waals surface area contributed by atoms with Crippen LogP contribution in [0.5, 0.6) is 5.75 Å². The molecule has 4 nitrogen and oxygen atoms in total. The Morgan fingerprint density at radius 3 is 2.50 bits per heavy atom. The van der Waals surface area contributed by atoms with Gasteiger partial charge < -0.3 is 15.4 Å². The van der Waals surface area contributed by atoms with E-state index in [1.165, 1.54) is 0 Å². The number of hydrogen-bond donors (Lipinski definition) is 2. The monoisotopic (exact) mass is 338 g/mol. The fraction of sp³-hybridized carbons (Fsp3) is 0.188. The minimum atomic E-state index is -0.171. The van der Waals surface area contributed by atoms with E-state index in [4.69, 9.17) is 27.9 Å². The fourth-order valence-corrected chi connectivity index (χ4v) is 2.29. The molecule has 22 heavy (non-hydrogen) atoms. The SMILES string of the molecule is CCOc1ccc(NC(=O)CNc2ccc(Cl)cc2Cl)cc1. The van der Waals surface area contributed by atoms with Gasteiger partial charge in [-0.25, -0.2) is 0 Å². The molecule has 0 heterocycles. The van der Waals surface area contributed by atoms with Crippen LogP contribution in [0.4, 0.5) is 11.4 Å². The summed E-state index contributed by atoms with van der Waals surface area (Å²) in [4.78, 5) is 11.9. The summed E-state index contributed by atoms with van der Waals surface area (Å²) < 4.78 is 5.34. The minimum Gasteiger partial charge on any atom is -0.494 e. The number of carbonyl (C=O) groups excluding carboxylic acids is 1. The second kappa shape index (κ2) is 7.92. The lowest BCUT2D eigenvalue weighted by Crippen LogP contribution is -2.21. The summed E-state index contributed by atoms with van der Waals surface area (Å²) >= 11 is 11.8. The van der Waals surface area contributed by atoms with Gasteiger partial charge in [-0.3, -0.25) is 4.79 Å². The predicted octanol–water partition coefficient (Wildman–Crippen LogP) is 4.44. The molecular formula is C16H16Cl2N2O2. The van der Waals surface area contributed by atoms with E-state index in [1.54, 1.807) is 30.3 Å². The Morgan fingerprint density at radius 2 is 1.86 bits per heavy atom. The van der Waals surface area contributed by atoms with Crippen LogP contribution in [0.15, 0.2) is 42.5 Å². The van der Waals surface area contributed by atoms with Crippen molar-refractivity contribution >= 4 is 40.5 Å². The summed E-state index contributed by atoms with van der Waals surface area (Å²) in [6.45, 7) is 2.63. The van der Waals surface area contributed by atoms with Crippen molar-refractivity contribution in [3.05, 3.63) is 52.5 Å². The molecule has 0 atom stereocenters. The van der Waals surface area contributed by atoms with Crippen molar-refractivity contribution in [1.82, 2.24) is 0 Å². The Morgan fingerprint density at radius 1 is 1.14 bits per heavy atom. The Hall–Kier alpha value is -1.91. The molecule has 2 N–H and O–H groups in total. The predicted molar refractivity (Wildman–Crippen MR) is 91.2 cm³/mol. The minimum absolute atomic E-state index is 0.106. The summed E-state index contributed by atoms with van der Waals surface area (Å²) in [6.07, 6.45) is 0. The third kappa shape index (κ3) is 4.83. The van der Waals surface area contributed by atoms with Gasteiger partial charge in [-0.05, 0) is 49.4 Å². The molecule has 0 aliphatic rings. The first-order chi connectivity index (χ1) is 10.6. The van der Waals surface area contributed by atoms with Crippen LogP contribution in [-0.2, 0) is 4.79 Å². The van der Waals surface area contributed by atoms with Crippen molar-refractivity contribution in [2.75, 3.05) is 23.8 Å². The summed E-state index contributed by atoms with van der Waals surface area (Å²) in [5.41, 5.74) is 1.37. The maximum atomic E-state index is 11.9. The van der Waals surface area contributed by atoms with E-state index in [9.17, 15) is 4.79 Å². The van der Waals surface area contributed by atoms with Crippen LogP contribution in [-0.4, -0.2) is 19.1 Å². The Labute approximate surface area is 139 Å². The zero-order valence-electron chi connectivity index (χ0n) is 12.0. The molecule has 2 aromatic carbocycles. The van der Waals surface area contributed by atoms with Crippen molar-refractivity contribution < 1.29 is 9.53 Å². The number of halogens is 2. The number of anilines is 2. The van der Waals surface area contributed by atoms with Gasteiger partial charge in [0.05, 0.1) is 23.9 Å². The molecule has 0 spiro atoms. The molecule has 0 aliphatic heterocycles. The highest BCUT2D eigenvalue weighted by atomic mass is 35.5. The number of nitrogens with one attached hydrogen (secondary N) is 2. The molecule has 0 fully saturated rings.